The van der Waals surface area contributed by atoms with E-state index in [1.54, 1.807) is 6.07 Å². The lowest BCUT2D eigenvalue weighted by Gasteiger charge is -2.32. The highest BCUT2D eigenvalue weighted by atomic mass is 19.1. The molecular weight excluding hydrogens is 269 g/mol. The van der Waals surface area contributed by atoms with E-state index in [0.29, 0.717) is 0 Å². The summed E-state index contributed by atoms with van der Waals surface area (Å²) in [5.41, 5.74) is 0. The molecule has 7 heteroatoms. The molecule has 3 N–H and O–H groups in total. The fourth-order valence-electron chi connectivity index (χ4n) is 1.86. The quantitative estimate of drug-likeness (QED) is 0.690. The summed E-state index contributed by atoms with van der Waals surface area (Å²) in [6.45, 7) is -0.261. The van der Waals surface area contributed by atoms with E-state index in [2.05, 4.69) is 5.32 Å². The number of aliphatic hydroxyl groups is 2. The Morgan fingerprint density at radius 1 is 1.40 bits per heavy atom. The molecule has 0 bridgehead atoms. The molecule has 2 rings (SSSR count). The highest BCUT2D eigenvalue weighted by Gasteiger charge is 2.32. The Morgan fingerprint density at radius 2 is 2.15 bits per heavy atom. The van der Waals surface area contributed by atoms with Crippen molar-refractivity contribution in [3.8, 4) is 5.75 Å². The molecule has 3 atom stereocenters. The summed E-state index contributed by atoms with van der Waals surface area (Å²) in [5.74, 6) is -1.12. The molecule has 1 aliphatic rings. The number of para-hydroxylation sites is 1. The molecule has 1 aromatic carbocycles. The van der Waals surface area contributed by atoms with Crippen molar-refractivity contribution in [3.63, 3.8) is 0 Å². The highest BCUT2D eigenvalue weighted by molar-refractivity contribution is 5.78. The summed E-state index contributed by atoms with van der Waals surface area (Å²) >= 11 is 0. The minimum absolute atomic E-state index is 0.0249. The number of hydrogen-bond acceptors (Lipinski definition) is 5. The van der Waals surface area contributed by atoms with Gasteiger partial charge in [0.1, 0.15) is 12.2 Å². The SMILES string of the molecule is O=C(COc1ccccc1F)N[C@@H]1COC[C@@H](O)[C@H]1O. The summed E-state index contributed by atoms with van der Waals surface area (Å²) in [6, 6.07) is 5.02. The molecule has 1 aliphatic heterocycles. The van der Waals surface area contributed by atoms with E-state index in [9.17, 15) is 19.4 Å². The third-order valence-corrected chi connectivity index (χ3v) is 2.93. The molecule has 110 valence electrons. The van der Waals surface area contributed by atoms with Gasteiger partial charge in [-0.3, -0.25) is 4.79 Å². The maximum absolute atomic E-state index is 13.3. The van der Waals surface area contributed by atoms with E-state index in [-0.39, 0.29) is 25.6 Å². The van der Waals surface area contributed by atoms with Gasteiger partial charge in [0.15, 0.2) is 18.2 Å². The summed E-state index contributed by atoms with van der Waals surface area (Å²) in [4.78, 5) is 11.6. The number of nitrogens with one attached hydrogen (secondary N) is 1. The number of rotatable bonds is 4. The van der Waals surface area contributed by atoms with Crippen molar-refractivity contribution in [1.82, 2.24) is 5.32 Å². The van der Waals surface area contributed by atoms with Gasteiger partial charge in [-0.05, 0) is 12.1 Å². The topological polar surface area (TPSA) is 88.0 Å². The van der Waals surface area contributed by atoms with Crippen LogP contribution in [0.3, 0.4) is 0 Å². The zero-order chi connectivity index (χ0) is 14.5. The Kier molecular flexibility index (Phi) is 4.89. The van der Waals surface area contributed by atoms with E-state index in [0.717, 1.165) is 0 Å². The van der Waals surface area contributed by atoms with Crippen LogP contribution in [0.4, 0.5) is 4.39 Å². The largest absolute Gasteiger partial charge is 0.481 e. The van der Waals surface area contributed by atoms with Crippen LogP contribution in [0.15, 0.2) is 24.3 Å². The van der Waals surface area contributed by atoms with Crippen molar-refractivity contribution in [2.75, 3.05) is 19.8 Å². The Hall–Kier alpha value is -1.70. The molecule has 0 saturated carbocycles. The second-order valence-corrected chi connectivity index (χ2v) is 4.49. The first-order valence-electron chi connectivity index (χ1n) is 6.18. The molecule has 0 aliphatic carbocycles. The third kappa shape index (κ3) is 3.66. The maximum Gasteiger partial charge on any atom is 0.258 e. The normalized spacial score (nSPS) is 26.1. The third-order valence-electron chi connectivity index (χ3n) is 2.93. The van der Waals surface area contributed by atoms with Crippen LogP contribution in [-0.4, -0.2) is 54.2 Å². The Morgan fingerprint density at radius 3 is 2.90 bits per heavy atom. The molecule has 1 aromatic rings. The molecular formula is C13H16FNO5. The van der Waals surface area contributed by atoms with Crippen molar-refractivity contribution in [3.05, 3.63) is 30.1 Å². The second kappa shape index (κ2) is 6.65. The number of benzene rings is 1. The number of ether oxygens (including phenoxy) is 2. The number of hydrogen-bond donors (Lipinski definition) is 3. The Bertz CT molecular complexity index is 470. The van der Waals surface area contributed by atoms with Gasteiger partial charge in [-0.1, -0.05) is 12.1 Å². The fourth-order valence-corrected chi connectivity index (χ4v) is 1.86. The van der Waals surface area contributed by atoms with Gasteiger partial charge < -0.3 is 25.0 Å². The first-order chi connectivity index (χ1) is 9.58. The molecule has 0 aromatic heterocycles. The molecule has 0 radical (unpaired) electrons. The van der Waals surface area contributed by atoms with E-state index < -0.39 is 30.0 Å². The molecule has 1 fully saturated rings. The zero-order valence-electron chi connectivity index (χ0n) is 10.7. The highest BCUT2D eigenvalue weighted by Crippen LogP contribution is 2.15. The lowest BCUT2D eigenvalue weighted by molar-refractivity contribution is -0.133. The second-order valence-electron chi connectivity index (χ2n) is 4.49. The lowest BCUT2D eigenvalue weighted by Crippen LogP contribution is -2.56. The smallest absolute Gasteiger partial charge is 0.258 e. The number of amides is 1. The number of carbonyl (C=O) groups excluding carboxylic acids is 1. The molecule has 20 heavy (non-hydrogen) atoms. The minimum Gasteiger partial charge on any atom is -0.481 e. The van der Waals surface area contributed by atoms with Gasteiger partial charge in [0.2, 0.25) is 0 Å². The Balaban J connectivity index is 1.82. The minimum atomic E-state index is -1.10. The van der Waals surface area contributed by atoms with Crippen LogP contribution in [0.5, 0.6) is 5.75 Å². The van der Waals surface area contributed by atoms with Gasteiger partial charge >= 0.3 is 0 Å². The number of aliphatic hydroxyl groups excluding tert-OH is 2. The summed E-state index contributed by atoms with van der Waals surface area (Å²) < 4.78 is 23.3. The number of carbonyl (C=O) groups is 1. The van der Waals surface area contributed by atoms with Gasteiger partial charge in [-0.2, -0.15) is 0 Å². The Labute approximate surface area is 115 Å². The molecule has 0 spiro atoms. The average Bonchev–Trinajstić information content (AvgIpc) is 2.43. The van der Waals surface area contributed by atoms with Crippen molar-refractivity contribution < 1.29 is 28.9 Å². The molecule has 1 amide bonds. The first-order valence-corrected chi connectivity index (χ1v) is 6.18. The van der Waals surface area contributed by atoms with Crippen molar-refractivity contribution in [2.45, 2.75) is 18.2 Å². The molecule has 1 saturated heterocycles. The van der Waals surface area contributed by atoms with E-state index >= 15 is 0 Å². The van der Waals surface area contributed by atoms with Crippen LogP contribution in [-0.2, 0) is 9.53 Å². The first kappa shape index (κ1) is 14.7. The van der Waals surface area contributed by atoms with E-state index in [1.165, 1.54) is 18.2 Å². The predicted octanol–water partition coefficient (Wildman–Crippen LogP) is -0.559. The van der Waals surface area contributed by atoms with Crippen molar-refractivity contribution >= 4 is 5.91 Å². The van der Waals surface area contributed by atoms with Gasteiger partial charge in [-0.15, -0.1) is 0 Å². The van der Waals surface area contributed by atoms with E-state index in [1.807, 2.05) is 0 Å². The van der Waals surface area contributed by atoms with Gasteiger partial charge in [0.05, 0.1) is 19.3 Å². The van der Waals surface area contributed by atoms with Crippen molar-refractivity contribution in [2.24, 2.45) is 0 Å². The molecule has 0 unspecified atom stereocenters. The summed E-state index contributed by atoms with van der Waals surface area (Å²) in [7, 11) is 0. The summed E-state index contributed by atoms with van der Waals surface area (Å²) in [6.07, 6.45) is -2.14. The summed E-state index contributed by atoms with van der Waals surface area (Å²) in [5, 5.41) is 21.5. The van der Waals surface area contributed by atoms with Gasteiger partial charge in [-0.25, -0.2) is 4.39 Å². The standard InChI is InChI=1S/C13H16FNO5/c14-8-3-1-2-4-11(8)20-7-12(17)15-9-5-19-6-10(16)13(9)18/h1-4,9-10,13,16,18H,5-7H2,(H,15,17)/t9-,10-,13+/m1/s1. The number of halogens is 1. The zero-order valence-corrected chi connectivity index (χ0v) is 10.7. The van der Waals surface area contributed by atoms with Crippen LogP contribution in [0, 0.1) is 5.82 Å². The average molecular weight is 285 g/mol. The monoisotopic (exact) mass is 285 g/mol. The van der Waals surface area contributed by atoms with Crippen LogP contribution < -0.4 is 10.1 Å². The van der Waals surface area contributed by atoms with Crippen LogP contribution in [0.2, 0.25) is 0 Å². The molecule has 1 heterocycles. The molecule has 6 nitrogen and oxygen atoms in total. The van der Waals surface area contributed by atoms with Gasteiger partial charge in [0.25, 0.3) is 5.91 Å². The van der Waals surface area contributed by atoms with Crippen LogP contribution in [0.25, 0.3) is 0 Å². The van der Waals surface area contributed by atoms with Crippen LogP contribution in [0.1, 0.15) is 0 Å². The van der Waals surface area contributed by atoms with Crippen LogP contribution >= 0.6 is 0 Å². The van der Waals surface area contributed by atoms with Crippen molar-refractivity contribution in [1.29, 1.82) is 0 Å². The predicted molar refractivity (Wildman–Crippen MR) is 66.7 cm³/mol. The lowest BCUT2D eigenvalue weighted by atomic mass is 10.0. The van der Waals surface area contributed by atoms with Gasteiger partial charge in [0, 0.05) is 0 Å². The fraction of sp³-hybridized carbons (Fsp3) is 0.462. The maximum atomic E-state index is 13.3. The van der Waals surface area contributed by atoms with E-state index in [4.69, 9.17) is 9.47 Å².